The van der Waals surface area contributed by atoms with E-state index < -0.39 is 6.61 Å². The summed E-state index contributed by atoms with van der Waals surface area (Å²) < 4.78 is 28.2. The van der Waals surface area contributed by atoms with Gasteiger partial charge >= 0.3 is 6.61 Å². The molecule has 0 radical (unpaired) electrons. The molecule has 0 saturated carbocycles. The number of alkyl halides is 2. The summed E-state index contributed by atoms with van der Waals surface area (Å²) in [7, 11) is 0. The first-order valence-electron chi connectivity index (χ1n) is 4.91. The Morgan fingerprint density at radius 1 is 1.53 bits per heavy atom. The van der Waals surface area contributed by atoms with Gasteiger partial charge in [0.2, 0.25) is 5.91 Å². The van der Waals surface area contributed by atoms with Gasteiger partial charge in [-0.1, -0.05) is 12.1 Å². The fourth-order valence-corrected chi connectivity index (χ4v) is 1.58. The molecule has 0 atom stereocenters. The molecular weight excluding hydrogens is 248 g/mol. The molecule has 0 aliphatic carbocycles. The SMILES string of the molecule is CSCC(=O)NCc1cccc(OC(F)F)c1. The molecule has 0 spiro atoms. The number of hydrogen-bond acceptors (Lipinski definition) is 3. The zero-order valence-electron chi connectivity index (χ0n) is 9.28. The van der Waals surface area contributed by atoms with Gasteiger partial charge in [0.25, 0.3) is 0 Å². The van der Waals surface area contributed by atoms with Crippen molar-refractivity contribution in [2.45, 2.75) is 13.2 Å². The summed E-state index contributed by atoms with van der Waals surface area (Å²) in [5.74, 6) is 0.391. The molecule has 0 bridgehead atoms. The average molecular weight is 261 g/mol. The molecule has 0 aromatic heterocycles. The van der Waals surface area contributed by atoms with Gasteiger partial charge in [-0.3, -0.25) is 4.79 Å². The highest BCUT2D eigenvalue weighted by atomic mass is 32.2. The van der Waals surface area contributed by atoms with Crippen LogP contribution in [0.4, 0.5) is 8.78 Å². The van der Waals surface area contributed by atoms with E-state index >= 15 is 0 Å². The van der Waals surface area contributed by atoms with Crippen LogP contribution >= 0.6 is 11.8 Å². The summed E-state index contributed by atoms with van der Waals surface area (Å²) in [4.78, 5) is 11.2. The standard InChI is InChI=1S/C11H13F2NO2S/c1-17-7-10(15)14-6-8-3-2-4-9(5-8)16-11(12)13/h2-5,11H,6-7H2,1H3,(H,14,15). The van der Waals surface area contributed by atoms with E-state index in [2.05, 4.69) is 10.1 Å². The number of carbonyl (C=O) groups excluding carboxylic acids is 1. The predicted octanol–water partition coefficient (Wildman–Crippen LogP) is 2.27. The molecule has 0 aliphatic heterocycles. The molecule has 1 aromatic rings. The van der Waals surface area contributed by atoms with E-state index in [1.165, 1.54) is 23.9 Å². The third-order valence-electron chi connectivity index (χ3n) is 1.89. The molecule has 0 aliphatic rings. The molecule has 1 aromatic carbocycles. The van der Waals surface area contributed by atoms with E-state index in [0.717, 1.165) is 5.56 Å². The quantitative estimate of drug-likeness (QED) is 0.853. The Labute approximate surface area is 103 Å². The zero-order chi connectivity index (χ0) is 12.7. The average Bonchev–Trinajstić information content (AvgIpc) is 2.26. The smallest absolute Gasteiger partial charge is 0.387 e. The maximum Gasteiger partial charge on any atom is 0.387 e. The van der Waals surface area contributed by atoms with Crippen LogP contribution in [0.5, 0.6) is 5.75 Å². The lowest BCUT2D eigenvalue weighted by atomic mass is 10.2. The highest BCUT2D eigenvalue weighted by Crippen LogP contribution is 2.15. The number of nitrogens with one attached hydrogen (secondary N) is 1. The van der Waals surface area contributed by atoms with Crippen LogP contribution in [0.15, 0.2) is 24.3 Å². The van der Waals surface area contributed by atoms with Gasteiger partial charge in [0.15, 0.2) is 0 Å². The number of halogens is 2. The van der Waals surface area contributed by atoms with Gasteiger partial charge in [-0.15, -0.1) is 0 Å². The monoisotopic (exact) mass is 261 g/mol. The van der Waals surface area contributed by atoms with E-state index in [9.17, 15) is 13.6 Å². The van der Waals surface area contributed by atoms with Crippen LogP contribution in [0.25, 0.3) is 0 Å². The van der Waals surface area contributed by atoms with Gasteiger partial charge < -0.3 is 10.1 Å². The van der Waals surface area contributed by atoms with Crippen LogP contribution in [0, 0.1) is 0 Å². The van der Waals surface area contributed by atoms with Crippen molar-refractivity contribution < 1.29 is 18.3 Å². The van der Waals surface area contributed by atoms with Crippen molar-refractivity contribution in [2.75, 3.05) is 12.0 Å². The molecule has 0 fully saturated rings. The molecular formula is C11H13F2NO2S. The van der Waals surface area contributed by atoms with Gasteiger partial charge in [-0.05, 0) is 24.0 Å². The second-order valence-electron chi connectivity index (χ2n) is 3.24. The number of benzene rings is 1. The highest BCUT2D eigenvalue weighted by Gasteiger charge is 2.05. The van der Waals surface area contributed by atoms with E-state index in [0.29, 0.717) is 12.3 Å². The van der Waals surface area contributed by atoms with Crippen molar-refractivity contribution in [1.29, 1.82) is 0 Å². The van der Waals surface area contributed by atoms with Crippen molar-refractivity contribution in [1.82, 2.24) is 5.32 Å². The van der Waals surface area contributed by atoms with Crippen LogP contribution in [-0.4, -0.2) is 24.5 Å². The second-order valence-corrected chi connectivity index (χ2v) is 4.10. The number of rotatable bonds is 6. The number of amides is 1. The Hall–Kier alpha value is -1.30. The van der Waals surface area contributed by atoms with E-state index in [1.807, 2.05) is 6.26 Å². The summed E-state index contributed by atoms with van der Waals surface area (Å²) in [6.45, 7) is -2.53. The van der Waals surface area contributed by atoms with E-state index in [4.69, 9.17) is 0 Å². The summed E-state index contributed by atoms with van der Waals surface area (Å²) in [5.41, 5.74) is 0.720. The lowest BCUT2D eigenvalue weighted by Crippen LogP contribution is -2.24. The van der Waals surface area contributed by atoms with Gasteiger partial charge in [-0.25, -0.2) is 0 Å². The molecule has 3 nitrogen and oxygen atoms in total. The minimum absolute atomic E-state index is 0.0855. The lowest BCUT2D eigenvalue weighted by Gasteiger charge is -2.07. The molecule has 1 N–H and O–H groups in total. The van der Waals surface area contributed by atoms with Gasteiger partial charge in [0.1, 0.15) is 5.75 Å². The van der Waals surface area contributed by atoms with Crippen molar-refractivity contribution >= 4 is 17.7 Å². The largest absolute Gasteiger partial charge is 0.435 e. The predicted molar refractivity (Wildman–Crippen MR) is 63.3 cm³/mol. The van der Waals surface area contributed by atoms with Gasteiger partial charge in [0.05, 0.1) is 5.75 Å². The summed E-state index contributed by atoms with van der Waals surface area (Å²) in [6.07, 6.45) is 1.83. The minimum Gasteiger partial charge on any atom is -0.435 e. The van der Waals surface area contributed by atoms with Crippen LogP contribution in [0.1, 0.15) is 5.56 Å². The Balaban J connectivity index is 2.51. The van der Waals surface area contributed by atoms with Crippen LogP contribution < -0.4 is 10.1 Å². The zero-order valence-corrected chi connectivity index (χ0v) is 10.1. The van der Waals surface area contributed by atoms with Crippen molar-refractivity contribution in [3.05, 3.63) is 29.8 Å². The fraction of sp³-hybridized carbons (Fsp3) is 0.364. The topological polar surface area (TPSA) is 38.3 Å². The first-order chi connectivity index (χ1) is 8.11. The first-order valence-corrected chi connectivity index (χ1v) is 6.30. The Morgan fingerprint density at radius 2 is 2.29 bits per heavy atom. The molecule has 0 unspecified atom stereocenters. The number of hydrogen-bond donors (Lipinski definition) is 1. The molecule has 0 saturated heterocycles. The van der Waals surface area contributed by atoms with Crippen molar-refractivity contribution in [3.8, 4) is 5.75 Å². The molecule has 17 heavy (non-hydrogen) atoms. The maximum atomic E-state index is 12.0. The van der Waals surface area contributed by atoms with Crippen LogP contribution in [0.3, 0.4) is 0 Å². The van der Waals surface area contributed by atoms with Gasteiger partial charge in [0, 0.05) is 6.54 Å². The molecule has 1 amide bonds. The van der Waals surface area contributed by atoms with E-state index in [-0.39, 0.29) is 11.7 Å². The third-order valence-corrected chi connectivity index (χ3v) is 2.44. The fourth-order valence-electron chi connectivity index (χ4n) is 1.21. The first kappa shape index (κ1) is 13.8. The highest BCUT2D eigenvalue weighted by molar-refractivity contribution is 7.99. The maximum absolute atomic E-state index is 12.0. The lowest BCUT2D eigenvalue weighted by molar-refractivity contribution is -0.118. The molecule has 0 heterocycles. The van der Waals surface area contributed by atoms with Crippen molar-refractivity contribution in [2.24, 2.45) is 0 Å². The van der Waals surface area contributed by atoms with E-state index in [1.54, 1.807) is 12.1 Å². The molecule has 6 heteroatoms. The van der Waals surface area contributed by atoms with Gasteiger partial charge in [-0.2, -0.15) is 20.5 Å². The number of ether oxygens (including phenoxy) is 1. The molecule has 94 valence electrons. The second kappa shape index (κ2) is 7.11. The van der Waals surface area contributed by atoms with Crippen LogP contribution in [-0.2, 0) is 11.3 Å². The summed E-state index contributed by atoms with van der Waals surface area (Å²) in [5, 5.41) is 2.68. The number of thioether (sulfide) groups is 1. The Bertz CT molecular complexity index is 374. The minimum atomic E-state index is -2.84. The Kier molecular flexibility index (Phi) is 5.76. The third kappa shape index (κ3) is 5.53. The number of carbonyl (C=O) groups is 1. The normalized spacial score (nSPS) is 10.4. The summed E-state index contributed by atoms with van der Waals surface area (Å²) in [6, 6.07) is 6.26. The molecule has 1 rings (SSSR count). The van der Waals surface area contributed by atoms with Crippen molar-refractivity contribution in [3.63, 3.8) is 0 Å². The van der Waals surface area contributed by atoms with Crippen LogP contribution in [0.2, 0.25) is 0 Å². The summed E-state index contributed by atoms with van der Waals surface area (Å²) >= 11 is 1.42. The Morgan fingerprint density at radius 3 is 2.94 bits per heavy atom.